The highest BCUT2D eigenvalue weighted by atomic mass is 79.9. The van der Waals surface area contributed by atoms with Crippen molar-refractivity contribution >= 4 is 73.5 Å². The van der Waals surface area contributed by atoms with Crippen molar-refractivity contribution in [3.63, 3.8) is 0 Å². The second-order valence-electron chi connectivity index (χ2n) is 6.36. The molecule has 3 nitrogen and oxygen atoms in total. The molecule has 7 heteroatoms. The lowest BCUT2D eigenvalue weighted by atomic mass is 10.1. The van der Waals surface area contributed by atoms with Crippen LogP contribution in [-0.4, -0.2) is 16.8 Å². The number of thioether (sulfide) groups is 1. The van der Waals surface area contributed by atoms with Gasteiger partial charge in [0.05, 0.1) is 22.2 Å². The summed E-state index contributed by atoms with van der Waals surface area (Å²) in [6.45, 7) is 4.80. The van der Waals surface area contributed by atoms with Crippen LogP contribution in [0, 0.1) is 5.92 Å². The average molecular weight is 483 g/mol. The van der Waals surface area contributed by atoms with Crippen molar-refractivity contribution in [1.82, 2.24) is 0 Å². The van der Waals surface area contributed by atoms with Crippen LogP contribution in [0.2, 0.25) is 5.02 Å². The highest BCUT2D eigenvalue weighted by Crippen LogP contribution is 2.38. The molecule has 3 rings (SSSR count). The lowest BCUT2D eigenvalue weighted by Crippen LogP contribution is -2.27. The van der Waals surface area contributed by atoms with Crippen LogP contribution in [0.4, 0.5) is 5.69 Å². The van der Waals surface area contributed by atoms with E-state index in [0.29, 0.717) is 32.5 Å². The molecule has 27 heavy (non-hydrogen) atoms. The zero-order valence-corrected chi connectivity index (χ0v) is 18.7. The average Bonchev–Trinajstić information content (AvgIpc) is 2.90. The predicted octanol–water partition coefficient (Wildman–Crippen LogP) is 6.54. The predicted molar refractivity (Wildman–Crippen MR) is 122 cm³/mol. The first-order valence-corrected chi connectivity index (χ1v) is 10.7. The quantitative estimate of drug-likeness (QED) is 0.357. The van der Waals surface area contributed by atoms with Gasteiger partial charge in [-0.2, -0.15) is 0 Å². The number of anilines is 1. The monoisotopic (exact) mass is 481 g/mol. The molecule has 0 radical (unpaired) electrons. The van der Waals surface area contributed by atoms with Gasteiger partial charge in [0.2, 0.25) is 0 Å². The molecule has 0 saturated carbocycles. The summed E-state index contributed by atoms with van der Waals surface area (Å²) >= 11 is 16.2. The fourth-order valence-corrected chi connectivity index (χ4v) is 4.15. The molecule has 0 spiro atoms. The molecule has 0 atom stereocenters. The SMILES string of the molecule is CC(C)COc1ccccc1/C=C1/SC(=S)N(c2ccc(Br)c(Cl)c2)C1=O. The van der Waals surface area contributed by atoms with E-state index in [9.17, 15) is 4.79 Å². The Morgan fingerprint density at radius 3 is 2.74 bits per heavy atom. The van der Waals surface area contributed by atoms with Crippen molar-refractivity contribution in [2.24, 2.45) is 5.92 Å². The number of benzene rings is 2. The van der Waals surface area contributed by atoms with Crippen LogP contribution in [0.15, 0.2) is 51.8 Å². The van der Waals surface area contributed by atoms with Crippen molar-refractivity contribution < 1.29 is 9.53 Å². The molecule has 0 N–H and O–H groups in total. The van der Waals surface area contributed by atoms with Crippen molar-refractivity contribution in [3.05, 3.63) is 62.4 Å². The Morgan fingerprint density at radius 2 is 2.04 bits per heavy atom. The molecular weight excluding hydrogens is 466 g/mol. The topological polar surface area (TPSA) is 29.5 Å². The Morgan fingerprint density at radius 1 is 1.30 bits per heavy atom. The van der Waals surface area contributed by atoms with Gasteiger partial charge in [0, 0.05) is 10.0 Å². The van der Waals surface area contributed by atoms with E-state index in [-0.39, 0.29) is 5.91 Å². The number of nitrogens with zero attached hydrogens (tertiary/aromatic N) is 1. The number of carbonyl (C=O) groups is 1. The molecule has 0 bridgehead atoms. The molecular formula is C20H17BrClNO2S2. The van der Waals surface area contributed by atoms with Gasteiger partial charge in [-0.3, -0.25) is 9.69 Å². The number of rotatable bonds is 5. The van der Waals surface area contributed by atoms with Gasteiger partial charge in [-0.1, -0.05) is 67.6 Å². The number of carbonyl (C=O) groups excluding carboxylic acids is 1. The molecule has 1 aliphatic heterocycles. The Kier molecular flexibility index (Phi) is 6.63. The van der Waals surface area contributed by atoms with Crippen LogP contribution in [0.25, 0.3) is 6.08 Å². The summed E-state index contributed by atoms with van der Waals surface area (Å²) in [5, 5.41) is 0.526. The summed E-state index contributed by atoms with van der Waals surface area (Å²) in [4.78, 5) is 15.0. The zero-order chi connectivity index (χ0) is 19.6. The summed E-state index contributed by atoms with van der Waals surface area (Å²) in [6, 6.07) is 13.0. The van der Waals surface area contributed by atoms with Gasteiger partial charge in [0.15, 0.2) is 4.32 Å². The number of ether oxygens (including phenoxy) is 1. The number of para-hydroxylation sites is 1. The molecule has 0 aliphatic carbocycles. The Labute approximate surface area is 181 Å². The summed E-state index contributed by atoms with van der Waals surface area (Å²) in [6.07, 6.45) is 1.83. The Bertz CT molecular complexity index is 930. The summed E-state index contributed by atoms with van der Waals surface area (Å²) < 4.78 is 7.12. The number of halogens is 2. The van der Waals surface area contributed by atoms with E-state index in [2.05, 4.69) is 29.8 Å². The van der Waals surface area contributed by atoms with E-state index in [0.717, 1.165) is 15.8 Å². The summed E-state index contributed by atoms with van der Waals surface area (Å²) in [5.41, 5.74) is 1.51. The maximum atomic E-state index is 12.9. The molecule has 140 valence electrons. The lowest BCUT2D eigenvalue weighted by Gasteiger charge is -2.15. The van der Waals surface area contributed by atoms with Gasteiger partial charge in [0.1, 0.15) is 5.75 Å². The van der Waals surface area contributed by atoms with Gasteiger partial charge in [-0.25, -0.2) is 0 Å². The molecule has 1 fully saturated rings. The Hall–Kier alpha value is -1.34. The standard InChI is InChI=1S/C20H17BrClNO2S2/c1-12(2)11-25-17-6-4-3-5-13(17)9-18-19(24)23(20(26)27-18)14-7-8-15(21)16(22)10-14/h3-10,12H,11H2,1-2H3/b18-9+. The smallest absolute Gasteiger partial charge is 0.270 e. The fraction of sp³-hybridized carbons (Fsp3) is 0.200. The minimum absolute atomic E-state index is 0.165. The van der Waals surface area contributed by atoms with Gasteiger partial charge in [0.25, 0.3) is 5.91 Å². The third-order valence-electron chi connectivity index (χ3n) is 3.73. The van der Waals surface area contributed by atoms with Crippen LogP contribution in [0.1, 0.15) is 19.4 Å². The van der Waals surface area contributed by atoms with E-state index in [1.807, 2.05) is 36.4 Å². The molecule has 0 aromatic heterocycles. The van der Waals surface area contributed by atoms with Crippen molar-refractivity contribution in [2.75, 3.05) is 11.5 Å². The van der Waals surface area contributed by atoms with E-state index >= 15 is 0 Å². The van der Waals surface area contributed by atoms with Gasteiger partial charge >= 0.3 is 0 Å². The summed E-state index contributed by atoms with van der Waals surface area (Å²) in [7, 11) is 0. The minimum atomic E-state index is -0.165. The zero-order valence-electron chi connectivity index (χ0n) is 14.7. The van der Waals surface area contributed by atoms with E-state index in [1.165, 1.54) is 16.7 Å². The molecule has 1 aliphatic rings. The first kappa shape index (κ1) is 20.4. The highest BCUT2D eigenvalue weighted by molar-refractivity contribution is 9.10. The first-order chi connectivity index (χ1) is 12.9. The van der Waals surface area contributed by atoms with Crippen molar-refractivity contribution in [3.8, 4) is 5.75 Å². The third kappa shape index (κ3) is 4.74. The number of hydrogen-bond donors (Lipinski definition) is 0. The van der Waals surface area contributed by atoms with Gasteiger partial charge in [-0.15, -0.1) is 0 Å². The maximum Gasteiger partial charge on any atom is 0.270 e. The largest absolute Gasteiger partial charge is 0.493 e. The minimum Gasteiger partial charge on any atom is -0.493 e. The lowest BCUT2D eigenvalue weighted by molar-refractivity contribution is -0.113. The Balaban J connectivity index is 1.90. The summed E-state index contributed by atoms with van der Waals surface area (Å²) in [5.74, 6) is 1.00. The molecule has 0 unspecified atom stereocenters. The van der Waals surface area contributed by atoms with Crippen molar-refractivity contribution in [1.29, 1.82) is 0 Å². The molecule has 1 heterocycles. The second kappa shape index (κ2) is 8.78. The second-order valence-corrected chi connectivity index (χ2v) is 9.30. The van der Waals surface area contributed by atoms with Crippen molar-refractivity contribution in [2.45, 2.75) is 13.8 Å². The van der Waals surface area contributed by atoms with Crippen LogP contribution in [0.5, 0.6) is 5.75 Å². The van der Waals surface area contributed by atoms with Gasteiger partial charge in [-0.05, 0) is 52.2 Å². The van der Waals surface area contributed by atoms with Crippen LogP contribution in [-0.2, 0) is 4.79 Å². The van der Waals surface area contributed by atoms with E-state index in [4.69, 9.17) is 28.6 Å². The number of amides is 1. The molecule has 1 saturated heterocycles. The van der Waals surface area contributed by atoms with E-state index in [1.54, 1.807) is 12.1 Å². The molecule has 2 aromatic rings. The molecule has 2 aromatic carbocycles. The number of thiocarbonyl (C=S) groups is 1. The third-order valence-corrected chi connectivity index (χ3v) is 6.27. The maximum absolute atomic E-state index is 12.9. The number of hydrogen-bond acceptors (Lipinski definition) is 4. The van der Waals surface area contributed by atoms with Crippen LogP contribution < -0.4 is 9.64 Å². The van der Waals surface area contributed by atoms with Crippen LogP contribution >= 0.6 is 51.5 Å². The fourth-order valence-electron chi connectivity index (χ4n) is 2.44. The normalized spacial score (nSPS) is 15.9. The highest BCUT2D eigenvalue weighted by Gasteiger charge is 2.33. The molecule has 1 amide bonds. The first-order valence-electron chi connectivity index (χ1n) is 8.31. The van der Waals surface area contributed by atoms with E-state index < -0.39 is 0 Å². The van der Waals surface area contributed by atoms with Crippen LogP contribution in [0.3, 0.4) is 0 Å². The van der Waals surface area contributed by atoms with Gasteiger partial charge < -0.3 is 4.74 Å².